The van der Waals surface area contributed by atoms with Crippen molar-refractivity contribution < 1.29 is 0 Å². The summed E-state index contributed by atoms with van der Waals surface area (Å²) < 4.78 is 0. The Hall–Kier alpha value is 0.394. The van der Waals surface area contributed by atoms with Crippen LogP contribution < -0.4 is 0 Å². The first-order valence-corrected chi connectivity index (χ1v) is 12.2. The van der Waals surface area contributed by atoms with Crippen LogP contribution in [0.15, 0.2) is 0 Å². The molecule has 0 fully saturated rings. The summed E-state index contributed by atoms with van der Waals surface area (Å²) in [7, 11) is 0.530. The summed E-state index contributed by atoms with van der Waals surface area (Å²) in [5.41, 5.74) is 0. The molecule has 0 rings (SSSR count). The van der Waals surface area contributed by atoms with E-state index in [4.69, 9.17) is 0 Å². The van der Waals surface area contributed by atoms with Gasteiger partial charge >= 0.3 is 0 Å². The van der Waals surface area contributed by atoms with E-state index >= 15 is 0 Å². The smallest absolute Gasteiger partial charge is 0.0599 e. The van der Waals surface area contributed by atoms with Crippen LogP contribution in [0.25, 0.3) is 0 Å². The summed E-state index contributed by atoms with van der Waals surface area (Å²) in [6.07, 6.45) is 2.69. The fourth-order valence-corrected chi connectivity index (χ4v) is 5.36. The molecule has 0 aliphatic carbocycles. The van der Waals surface area contributed by atoms with Gasteiger partial charge in [-0.1, -0.05) is 39.3 Å². The highest BCUT2D eigenvalue weighted by Gasteiger charge is 2.20. The van der Waals surface area contributed by atoms with E-state index in [1.165, 1.54) is 12.3 Å². The van der Waals surface area contributed by atoms with E-state index in [9.17, 15) is 0 Å². The van der Waals surface area contributed by atoms with Gasteiger partial charge in [0.2, 0.25) is 0 Å². The van der Waals surface area contributed by atoms with Crippen molar-refractivity contribution in [2.75, 3.05) is 19.4 Å². The van der Waals surface area contributed by atoms with E-state index < -0.39 is 16.1 Å². The zero-order valence-corrected chi connectivity index (χ0v) is 11.9. The number of rotatable bonds is 4. The summed E-state index contributed by atoms with van der Waals surface area (Å²) in [6.45, 7) is 14.6. The van der Waals surface area contributed by atoms with Crippen LogP contribution in [0.1, 0.15) is 0 Å². The normalized spacial score (nSPS) is 14.0. The van der Waals surface area contributed by atoms with Gasteiger partial charge in [-0.05, 0) is 19.4 Å². The summed E-state index contributed by atoms with van der Waals surface area (Å²) in [6, 6.07) is 0. The second-order valence-electron chi connectivity index (χ2n) is 6.29. The van der Waals surface area contributed by atoms with Crippen LogP contribution in [0.5, 0.6) is 0 Å². The van der Waals surface area contributed by atoms with Gasteiger partial charge in [-0.3, -0.25) is 0 Å². The van der Waals surface area contributed by atoms with E-state index in [0.29, 0.717) is 0 Å². The molecule has 0 N–H and O–H groups in total. The second kappa shape index (κ2) is 4.07. The Labute approximate surface area is 80.2 Å². The van der Waals surface area contributed by atoms with Crippen LogP contribution in [0.2, 0.25) is 39.3 Å². The minimum atomic E-state index is -0.872. The molecule has 0 unspecified atom stereocenters. The number of hydrogen-bond acceptors (Lipinski definition) is 1. The molecule has 0 spiro atoms. The Morgan fingerprint density at radius 1 is 0.750 bits per heavy atom. The lowest BCUT2D eigenvalue weighted by Crippen LogP contribution is -2.45. The highest BCUT2D eigenvalue weighted by Crippen LogP contribution is 2.07. The van der Waals surface area contributed by atoms with Gasteiger partial charge in [-0.25, -0.2) is 0 Å². The van der Waals surface area contributed by atoms with Crippen molar-refractivity contribution in [3.63, 3.8) is 0 Å². The summed E-state index contributed by atoms with van der Waals surface area (Å²) in [4.78, 5) is 2.54. The molecule has 0 aliphatic heterocycles. The summed E-state index contributed by atoms with van der Waals surface area (Å²) in [5, 5.41) is 0. The molecule has 12 heavy (non-hydrogen) atoms. The van der Waals surface area contributed by atoms with Crippen molar-refractivity contribution in [1.29, 1.82) is 0 Å². The van der Waals surface area contributed by atoms with E-state index in [-0.39, 0.29) is 0 Å². The lowest BCUT2D eigenvalue weighted by Gasteiger charge is -2.29. The van der Waals surface area contributed by atoms with Gasteiger partial charge in [0.1, 0.15) is 0 Å². The standard InChI is InChI=1S/C9H25NSi2/c1-10(8-11(2,3)4)9-12(5,6)7/h8-9H2,1-7H3. The Bertz CT molecular complexity index is 116. The Morgan fingerprint density at radius 2 is 1.00 bits per heavy atom. The molecule has 0 saturated heterocycles. The van der Waals surface area contributed by atoms with Gasteiger partial charge in [0.15, 0.2) is 0 Å². The van der Waals surface area contributed by atoms with Crippen LogP contribution in [-0.2, 0) is 0 Å². The highest BCUT2D eigenvalue weighted by molar-refractivity contribution is 6.77. The first-order valence-electron chi connectivity index (χ1n) is 4.79. The molecule has 0 amide bonds. The number of hydrogen-bond donors (Lipinski definition) is 0. The third-order valence-corrected chi connectivity index (χ3v) is 4.47. The fourth-order valence-electron chi connectivity index (χ4n) is 1.68. The first-order chi connectivity index (χ1) is 5.10. The lowest BCUT2D eigenvalue weighted by atomic mass is 11.0. The average molecular weight is 203 g/mol. The quantitative estimate of drug-likeness (QED) is 0.635. The Kier molecular flexibility index (Phi) is 4.20. The van der Waals surface area contributed by atoms with Crippen LogP contribution >= 0.6 is 0 Å². The van der Waals surface area contributed by atoms with Gasteiger partial charge < -0.3 is 4.90 Å². The highest BCUT2D eigenvalue weighted by atomic mass is 28.3. The molecule has 0 atom stereocenters. The zero-order chi connectivity index (χ0) is 9.99. The SMILES string of the molecule is CN(C[Si](C)(C)C)C[Si](C)(C)C. The van der Waals surface area contributed by atoms with Gasteiger partial charge in [0.25, 0.3) is 0 Å². The monoisotopic (exact) mass is 203 g/mol. The lowest BCUT2D eigenvalue weighted by molar-refractivity contribution is 0.439. The van der Waals surface area contributed by atoms with Gasteiger partial charge in [-0.2, -0.15) is 0 Å². The van der Waals surface area contributed by atoms with Crippen molar-refractivity contribution in [2.24, 2.45) is 0 Å². The van der Waals surface area contributed by atoms with Gasteiger partial charge in [0, 0.05) is 0 Å². The zero-order valence-electron chi connectivity index (χ0n) is 9.86. The van der Waals surface area contributed by atoms with E-state index in [1.54, 1.807) is 0 Å². The Morgan fingerprint density at radius 3 is 1.17 bits per heavy atom. The molecule has 0 heterocycles. The van der Waals surface area contributed by atoms with E-state index in [1.807, 2.05) is 0 Å². The molecule has 0 bridgehead atoms. The maximum Gasteiger partial charge on any atom is 0.0599 e. The van der Waals surface area contributed by atoms with Crippen molar-refractivity contribution in [3.8, 4) is 0 Å². The molecular weight excluding hydrogens is 178 g/mol. The van der Waals surface area contributed by atoms with Crippen molar-refractivity contribution in [3.05, 3.63) is 0 Å². The summed E-state index contributed by atoms with van der Waals surface area (Å²) in [5.74, 6) is 0. The molecule has 0 aromatic heterocycles. The van der Waals surface area contributed by atoms with E-state index in [2.05, 4.69) is 51.2 Å². The molecule has 1 nitrogen and oxygen atoms in total. The molecule has 0 saturated carbocycles. The first kappa shape index (κ1) is 12.4. The van der Waals surface area contributed by atoms with Gasteiger partial charge in [0.05, 0.1) is 16.1 Å². The van der Waals surface area contributed by atoms with Gasteiger partial charge in [-0.15, -0.1) is 0 Å². The largest absolute Gasteiger partial charge is 0.312 e. The van der Waals surface area contributed by atoms with Crippen molar-refractivity contribution in [2.45, 2.75) is 39.3 Å². The molecule has 0 aromatic rings. The predicted molar refractivity (Wildman–Crippen MR) is 64.2 cm³/mol. The van der Waals surface area contributed by atoms with Crippen LogP contribution in [-0.4, -0.2) is 40.4 Å². The average Bonchev–Trinajstić information content (AvgIpc) is 1.49. The van der Waals surface area contributed by atoms with Crippen molar-refractivity contribution in [1.82, 2.24) is 4.90 Å². The minimum Gasteiger partial charge on any atom is -0.312 e. The second-order valence-corrected chi connectivity index (χ2v) is 17.2. The third-order valence-electron chi connectivity index (χ3n) is 1.49. The van der Waals surface area contributed by atoms with Crippen molar-refractivity contribution >= 4 is 16.1 Å². The van der Waals surface area contributed by atoms with Crippen LogP contribution in [0.3, 0.4) is 0 Å². The van der Waals surface area contributed by atoms with E-state index in [0.717, 1.165) is 0 Å². The molecule has 3 heteroatoms. The topological polar surface area (TPSA) is 3.24 Å². The molecule has 74 valence electrons. The minimum absolute atomic E-state index is 0.872. The predicted octanol–water partition coefficient (Wildman–Crippen LogP) is 2.67. The van der Waals surface area contributed by atoms with Crippen LogP contribution in [0, 0.1) is 0 Å². The maximum atomic E-state index is 2.54. The maximum absolute atomic E-state index is 2.54. The third kappa shape index (κ3) is 8.49. The molecule has 0 aromatic carbocycles. The Balaban J connectivity index is 3.83. The summed E-state index contributed by atoms with van der Waals surface area (Å²) >= 11 is 0. The fraction of sp³-hybridized carbons (Fsp3) is 1.00. The molecule has 0 radical (unpaired) electrons. The molecule has 0 aliphatic rings. The van der Waals surface area contributed by atoms with Crippen LogP contribution in [0.4, 0.5) is 0 Å². The molecular formula is C9H25NSi2. The number of nitrogens with zero attached hydrogens (tertiary/aromatic N) is 1.